The van der Waals surface area contributed by atoms with Crippen LogP contribution in [0.4, 0.5) is 4.79 Å². The Morgan fingerprint density at radius 3 is 2.81 bits per heavy atom. The van der Waals surface area contributed by atoms with Crippen molar-refractivity contribution in [1.82, 2.24) is 15.2 Å². The zero-order chi connectivity index (χ0) is 18.4. The van der Waals surface area contributed by atoms with E-state index in [-0.39, 0.29) is 12.1 Å². The number of rotatable bonds is 3. The van der Waals surface area contributed by atoms with Gasteiger partial charge in [-0.3, -0.25) is 0 Å². The lowest BCUT2D eigenvalue weighted by Crippen LogP contribution is -2.44. The van der Waals surface area contributed by atoms with E-state index in [4.69, 9.17) is 0 Å². The van der Waals surface area contributed by atoms with Crippen LogP contribution in [0.1, 0.15) is 29.2 Å². The number of benzene rings is 2. The molecule has 3 aromatic rings. The number of aryl methyl sites for hydroxylation is 1. The zero-order valence-corrected chi connectivity index (χ0v) is 15.0. The first-order valence-electron chi connectivity index (χ1n) is 9.34. The Morgan fingerprint density at radius 2 is 1.93 bits per heavy atom. The van der Waals surface area contributed by atoms with Gasteiger partial charge in [-0.15, -0.1) is 6.58 Å². The third kappa shape index (κ3) is 2.48. The predicted octanol–water partition coefficient (Wildman–Crippen LogP) is 4.54. The number of allylic oxidation sites excluding steroid dienone is 1. The van der Waals surface area contributed by atoms with Crippen LogP contribution < -0.4 is 10.6 Å². The van der Waals surface area contributed by atoms with Crippen LogP contribution in [0, 0.1) is 0 Å². The van der Waals surface area contributed by atoms with Gasteiger partial charge < -0.3 is 15.2 Å². The van der Waals surface area contributed by atoms with Crippen LogP contribution in [-0.4, -0.2) is 10.6 Å². The summed E-state index contributed by atoms with van der Waals surface area (Å²) >= 11 is 0. The topological polar surface area (TPSA) is 46.1 Å². The summed E-state index contributed by atoms with van der Waals surface area (Å²) in [5.41, 5.74) is 6.99. The summed E-state index contributed by atoms with van der Waals surface area (Å²) < 4.78 is 2.20. The molecule has 5 rings (SSSR count). The van der Waals surface area contributed by atoms with Crippen molar-refractivity contribution in [2.24, 2.45) is 0 Å². The highest BCUT2D eigenvalue weighted by molar-refractivity contribution is 5.93. The van der Waals surface area contributed by atoms with Crippen LogP contribution in [-0.2, 0) is 13.0 Å². The number of nitrogens with zero attached hydrogens (tertiary/aromatic N) is 1. The second-order valence-electron chi connectivity index (χ2n) is 7.13. The minimum atomic E-state index is -0.143. The van der Waals surface area contributed by atoms with Gasteiger partial charge in [-0.2, -0.15) is 0 Å². The van der Waals surface area contributed by atoms with Crippen LogP contribution in [0.3, 0.4) is 0 Å². The van der Waals surface area contributed by atoms with E-state index in [0.29, 0.717) is 0 Å². The molecule has 134 valence electrons. The lowest BCUT2D eigenvalue weighted by atomic mass is 9.83. The maximum absolute atomic E-state index is 12.5. The van der Waals surface area contributed by atoms with E-state index in [2.05, 4.69) is 64.4 Å². The molecule has 0 saturated heterocycles. The van der Waals surface area contributed by atoms with Crippen LogP contribution in [0.15, 0.2) is 73.0 Å². The number of para-hydroxylation sites is 1. The fourth-order valence-electron chi connectivity index (χ4n) is 4.41. The smallest absolute Gasteiger partial charge is 0.320 e. The van der Waals surface area contributed by atoms with Crippen LogP contribution >= 0.6 is 0 Å². The maximum atomic E-state index is 12.5. The standard InChI is InChI=1S/C23H21N3O/c1-2-13-26-14-19(17-9-5-6-10-20(17)26)22-18-12-11-15-7-3-4-8-16(15)21(18)24-23(27)25-22/h2-10,14,22H,1,11-13H2,(H2,24,25,27). The summed E-state index contributed by atoms with van der Waals surface area (Å²) in [6.45, 7) is 4.62. The number of carbonyl (C=O) groups excluding carboxylic acids is 1. The quantitative estimate of drug-likeness (QED) is 0.666. The second-order valence-corrected chi connectivity index (χ2v) is 7.13. The highest BCUT2D eigenvalue weighted by Gasteiger charge is 2.33. The first kappa shape index (κ1) is 15.9. The molecule has 1 unspecified atom stereocenters. The fourth-order valence-corrected chi connectivity index (χ4v) is 4.41. The summed E-state index contributed by atoms with van der Waals surface area (Å²) in [5.74, 6) is 0. The SMILES string of the molecule is C=CCn1cc(C2NC(=O)NC3=C2CCc2ccccc23)c2ccccc21. The lowest BCUT2D eigenvalue weighted by Gasteiger charge is -2.34. The Labute approximate surface area is 158 Å². The molecule has 2 aliphatic rings. The fraction of sp³-hybridized carbons (Fsp3) is 0.174. The molecule has 2 amide bonds. The van der Waals surface area contributed by atoms with Crippen molar-refractivity contribution in [1.29, 1.82) is 0 Å². The third-order valence-corrected chi connectivity index (χ3v) is 5.59. The monoisotopic (exact) mass is 355 g/mol. The van der Waals surface area contributed by atoms with Gasteiger partial charge in [0.1, 0.15) is 0 Å². The van der Waals surface area contributed by atoms with Crippen molar-refractivity contribution in [3.63, 3.8) is 0 Å². The Morgan fingerprint density at radius 1 is 1.11 bits per heavy atom. The molecule has 0 spiro atoms. The minimum absolute atomic E-state index is 0.113. The van der Waals surface area contributed by atoms with E-state index >= 15 is 0 Å². The van der Waals surface area contributed by atoms with Crippen LogP contribution in [0.2, 0.25) is 0 Å². The zero-order valence-electron chi connectivity index (χ0n) is 15.0. The van der Waals surface area contributed by atoms with E-state index < -0.39 is 0 Å². The summed E-state index contributed by atoms with van der Waals surface area (Å²) in [6.07, 6.45) is 5.99. The first-order valence-corrected chi connectivity index (χ1v) is 9.34. The number of nitrogens with one attached hydrogen (secondary N) is 2. The van der Waals surface area contributed by atoms with E-state index in [1.165, 1.54) is 22.0 Å². The maximum Gasteiger partial charge on any atom is 0.320 e. The molecule has 1 atom stereocenters. The number of urea groups is 1. The molecule has 0 radical (unpaired) electrons. The number of fused-ring (bicyclic) bond motifs is 3. The van der Waals surface area contributed by atoms with Crippen molar-refractivity contribution in [2.75, 3.05) is 0 Å². The molecule has 2 aromatic carbocycles. The summed E-state index contributed by atoms with van der Waals surface area (Å²) in [4.78, 5) is 12.5. The van der Waals surface area contributed by atoms with Crippen molar-refractivity contribution in [3.05, 3.63) is 89.6 Å². The Bertz CT molecular complexity index is 1110. The number of carbonyl (C=O) groups is 1. The summed E-state index contributed by atoms with van der Waals surface area (Å²) in [5, 5.41) is 7.40. The van der Waals surface area contributed by atoms with Gasteiger partial charge in [-0.05, 0) is 30.0 Å². The van der Waals surface area contributed by atoms with E-state index in [0.717, 1.165) is 36.2 Å². The molecule has 1 aromatic heterocycles. The van der Waals surface area contributed by atoms with Crippen LogP contribution in [0.5, 0.6) is 0 Å². The molecule has 1 aliphatic heterocycles. The van der Waals surface area contributed by atoms with Crippen molar-refractivity contribution in [3.8, 4) is 0 Å². The average molecular weight is 355 g/mol. The van der Waals surface area contributed by atoms with Gasteiger partial charge in [-0.1, -0.05) is 48.5 Å². The molecule has 2 heterocycles. The number of amides is 2. The van der Waals surface area contributed by atoms with Gasteiger partial charge in [0.25, 0.3) is 0 Å². The average Bonchev–Trinajstić information content (AvgIpc) is 3.06. The molecule has 0 fully saturated rings. The molecule has 1 aliphatic carbocycles. The van der Waals surface area contributed by atoms with Crippen molar-refractivity contribution >= 4 is 22.6 Å². The van der Waals surface area contributed by atoms with E-state index in [1.807, 2.05) is 18.2 Å². The van der Waals surface area contributed by atoms with Gasteiger partial charge in [-0.25, -0.2) is 4.79 Å². The van der Waals surface area contributed by atoms with E-state index in [1.54, 1.807) is 0 Å². The van der Waals surface area contributed by atoms with E-state index in [9.17, 15) is 4.79 Å². The van der Waals surface area contributed by atoms with Gasteiger partial charge >= 0.3 is 6.03 Å². The first-order chi connectivity index (χ1) is 13.3. The molecule has 4 heteroatoms. The largest absolute Gasteiger partial charge is 0.343 e. The van der Waals surface area contributed by atoms with Gasteiger partial charge in [0.2, 0.25) is 0 Å². The number of hydrogen-bond acceptors (Lipinski definition) is 1. The Balaban J connectivity index is 1.71. The molecule has 0 bridgehead atoms. The molecule has 0 saturated carbocycles. The normalized spacial score (nSPS) is 18.5. The predicted molar refractivity (Wildman–Crippen MR) is 108 cm³/mol. The lowest BCUT2D eigenvalue weighted by molar-refractivity contribution is 0.240. The molecule has 2 N–H and O–H groups in total. The third-order valence-electron chi connectivity index (χ3n) is 5.59. The van der Waals surface area contributed by atoms with Crippen LogP contribution in [0.25, 0.3) is 16.6 Å². The van der Waals surface area contributed by atoms with Gasteiger partial charge in [0.05, 0.1) is 11.7 Å². The summed E-state index contributed by atoms with van der Waals surface area (Å²) in [7, 11) is 0. The highest BCUT2D eigenvalue weighted by Crippen LogP contribution is 2.40. The molecular weight excluding hydrogens is 334 g/mol. The molecule has 4 nitrogen and oxygen atoms in total. The second kappa shape index (κ2) is 6.16. The van der Waals surface area contributed by atoms with Gasteiger partial charge in [0.15, 0.2) is 0 Å². The molecule has 27 heavy (non-hydrogen) atoms. The van der Waals surface area contributed by atoms with Crippen molar-refractivity contribution < 1.29 is 4.79 Å². The minimum Gasteiger partial charge on any atom is -0.343 e. The van der Waals surface area contributed by atoms with Crippen molar-refractivity contribution in [2.45, 2.75) is 25.4 Å². The van der Waals surface area contributed by atoms with Gasteiger partial charge in [0, 0.05) is 34.8 Å². The highest BCUT2D eigenvalue weighted by atomic mass is 16.2. The summed E-state index contributed by atoms with van der Waals surface area (Å²) in [6, 6.07) is 16.5. The number of aromatic nitrogens is 1. The number of hydrogen-bond donors (Lipinski definition) is 2. The molecular formula is C23H21N3O. The Hall–Kier alpha value is -3.27. The Kier molecular flexibility index (Phi) is 3.64.